The molecular formula is C8H5N2O. The van der Waals surface area contributed by atoms with Crippen molar-refractivity contribution in [1.82, 2.24) is 9.97 Å². The van der Waals surface area contributed by atoms with Gasteiger partial charge in [0.2, 0.25) is 0 Å². The number of rotatable bonds is 1. The Morgan fingerprint density at radius 2 is 2.45 bits per heavy atom. The highest BCUT2D eigenvalue weighted by atomic mass is 16.1. The van der Waals surface area contributed by atoms with Crippen molar-refractivity contribution >= 4 is 17.2 Å². The molecule has 0 aromatic carbocycles. The van der Waals surface area contributed by atoms with Crippen LogP contribution >= 0.6 is 0 Å². The van der Waals surface area contributed by atoms with Gasteiger partial charge in [-0.25, -0.2) is 0 Å². The van der Waals surface area contributed by atoms with Crippen molar-refractivity contribution in [3.05, 3.63) is 30.2 Å². The standard InChI is InChI=1S/C8H5N2O/c11-5-7-3-6-1-2-9-8(6)4-10-7/h1-4,9H. The largest absolute Gasteiger partial charge is 0.360 e. The Morgan fingerprint density at radius 1 is 1.55 bits per heavy atom. The third-order valence-electron chi connectivity index (χ3n) is 1.54. The molecule has 0 amide bonds. The van der Waals surface area contributed by atoms with E-state index in [4.69, 9.17) is 0 Å². The zero-order chi connectivity index (χ0) is 7.68. The minimum Gasteiger partial charge on any atom is -0.360 e. The van der Waals surface area contributed by atoms with Crippen molar-refractivity contribution in [2.24, 2.45) is 0 Å². The van der Waals surface area contributed by atoms with Gasteiger partial charge in [0.25, 0.3) is 6.29 Å². The van der Waals surface area contributed by atoms with Crippen LogP contribution in [0.1, 0.15) is 5.69 Å². The molecule has 0 saturated carbocycles. The molecular weight excluding hydrogens is 140 g/mol. The average Bonchev–Trinajstić information content (AvgIpc) is 2.50. The van der Waals surface area contributed by atoms with Crippen molar-refractivity contribution in [2.45, 2.75) is 0 Å². The molecule has 3 heteroatoms. The first-order valence-electron chi connectivity index (χ1n) is 3.21. The zero-order valence-corrected chi connectivity index (χ0v) is 5.66. The number of hydrogen-bond acceptors (Lipinski definition) is 2. The van der Waals surface area contributed by atoms with Gasteiger partial charge in [0.15, 0.2) is 0 Å². The second-order valence-electron chi connectivity index (χ2n) is 2.24. The van der Waals surface area contributed by atoms with Crippen molar-refractivity contribution in [1.29, 1.82) is 0 Å². The fourth-order valence-corrected chi connectivity index (χ4v) is 1.01. The van der Waals surface area contributed by atoms with Crippen LogP contribution in [0.4, 0.5) is 0 Å². The number of H-pyrrole nitrogens is 1. The third-order valence-corrected chi connectivity index (χ3v) is 1.54. The van der Waals surface area contributed by atoms with E-state index in [1.54, 1.807) is 24.7 Å². The molecule has 0 bridgehead atoms. The van der Waals surface area contributed by atoms with Crippen LogP contribution in [0.3, 0.4) is 0 Å². The maximum Gasteiger partial charge on any atom is 0.253 e. The number of nitrogens with zero attached hydrogens (tertiary/aromatic N) is 1. The number of fused-ring (bicyclic) bond motifs is 1. The Kier molecular flexibility index (Phi) is 1.22. The topological polar surface area (TPSA) is 45.8 Å². The molecule has 2 aromatic heterocycles. The summed E-state index contributed by atoms with van der Waals surface area (Å²) in [5, 5.41) is 0.985. The Balaban J connectivity index is 2.76. The highest BCUT2D eigenvalue weighted by Gasteiger charge is 1.96. The number of aromatic amines is 1. The quantitative estimate of drug-likeness (QED) is 0.651. The van der Waals surface area contributed by atoms with Gasteiger partial charge in [0, 0.05) is 11.6 Å². The number of hydrogen-bond donors (Lipinski definition) is 1. The van der Waals surface area contributed by atoms with Crippen LogP contribution in [-0.4, -0.2) is 16.3 Å². The fourth-order valence-electron chi connectivity index (χ4n) is 1.01. The summed E-state index contributed by atoms with van der Waals surface area (Å²) in [6.45, 7) is 0. The fraction of sp³-hybridized carbons (Fsp3) is 0. The van der Waals surface area contributed by atoms with E-state index in [0.29, 0.717) is 5.69 Å². The molecule has 0 aliphatic rings. The lowest BCUT2D eigenvalue weighted by atomic mass is 10.3. The summed E-state index contributed by atoms with van der Waals surface area (Å²) < 4.78 is 0. The summed E-state index contributed by atoms with van der Waals surface area (Å²) in [5.41, 5.74) is 1.28. The van der Waals surface area contributed by atoms with E-state index in [0.717, 1.165) is 10.9 Å². The summed E-state index contributed by atoms with van der Waals surface area (Å²) in [6.07, 6.45) is 5.16. The van der Waals surface area contributed by atoms with Gasteiger partial charge in [-0.2, -0.15) is 0 Å². The van der Waals surface area contributed by atoms with E-state index < -0.39 is 0 Å². The van der Waals surface area contributed by atoms with Crippen LogP contribution in [0.2, 0.25) is 0 Å². The molecule has 3 nitrogen and oxygen atoms in total. The molecule has 2 rings (SSSR count). The smallest absolute Gasteiger partial charge is 0.253 e. The first kappa shape index (κ1) is 6.09. The van der Waals surface area contributed by atoms with Gasteiger partial charge in [0.05, 0.1) is 11.7 Å². The SMILES string of the molecule is O=[C]c1cc2cc[nH]c2cn1. The number of carbonyl (C=O) groups excluding carboxylic acids is 1. The first-order chi connectivity index (χ1) is 5.40. The molecule has 1 N–H and O–H groups in total. The molecule has 2 heterocycles. The van der Waals surface area contributed by atoms with Gasteiger partial charge in [0.1, 0.15) is 5.69 Å². The predicted molar refractivity (Wildman–Crippen MR) is 40.9 cm³/mol. The van der Waals surface area contributed by atoms with Crippen LogP contribution < -0.4 is 0 Å². The van der Waals surface area contributed by atoms with Gasteiger partial charge >= 0.3 is 0 Å². The average molecular weight is 145 g/mol. The van der Waals surface area contributed by atoms with E-state index in [2.05, 4.69) is 9.97 Å². The van der Waals surface area contributed by atoms with Crippen LogP contribution in [0.25, 0.3) is 10.9 Å². The lowest BCUT2D eigenvalue weighted by Gasteiger charge is -1.88. The normalized spacial score (nSPS) is 10.2. The van der Waals surface area contributed by atoms with E-state index in [9.17, 15) is 4.79 Å². The summed E-state index contributed by atoms with van der Waals surface area (Å²) in [4.78, 5) is 17.0. The van der Waals surface area contributed by atoms with Crippen molar-refractivity contribution in [3.63, 3.8) is 0 Å². The zero-order valence-electron chi connectivity index (χ0n) is 5.66. The molecule has 0 fully saturated rings. The van der Waals surface area contributed by atoms with Crippen LogP contribution in [0.15, 0.2) is 24.5 Å². The van der Waals surface area contributed by atoms with Gasteiger partial charge in [-0.15, -0.1) is 0 Å². The van der Waals surface area contributed by atoms with Crippen LogP contribution in [-0.2, 0) is 4.79 Å². The maximum absolute atomic E-state index is 10.2. The molecule has 0 atom stereocenters. The highest BCUT2D eigenvalue weighted by Crippen LogP contribution is 2.10. The first-order valence-corrected chi connectivity index (χ1v) is 3.21. The molecule has 11 heavy (non-hydrogen) atoms. The van der Waals surface area contributed by atoms with E-state index in [1.165, 1.54) is 0 Å². The molecule has 0 spiro atoms. The lowest BCUT2D eigenvalue weighted by molar-refractivity contribution is 0.561. The summed E-state index contributed by atoms with van der Waals surface area (Å²) in [5.74, 6) is 0. The van der Waals surface area contributed by atoms with Gasteiger partial charge < -0.3 is 4.98 Å². The summed E-state index contributed by atoms with van der Waals surface area (Å²) in [7, 11) is 0. The molecule has 1 radical (unpaired) electrons. The Morgan fingerprint density at radius 3 is 3.27 bits per heavy atom. The minimum absolute atomic E-state index is 0.345. The molecule has 0 saturated heterocycles. The predicted octanol–water partition coefficient (Wildman–Crippen LogP) is 1.02. The summed E-state index contributed by atoms with van der Waals surface area (Å²) >= 11 is 0. The lowest BCUT2D eigenvalue weighted by Crippen LogP contribution is -1.84. The number of nitrogens with one attached hydrogen (secondary N) is 1. The third kappa shape index (κ3) is 0.902. The van der Waals surface area contributed by atoms with E-state index in [-0.39, 0.29) is 0 Å². The molecule has 0 aliphatic carbocycles. The molecule has 53 valence electrons. The van der Waals surface area contributed by atoms with Crippen molar-refractivity contribution in [2.75, 3.05) is 0 Å². The molecule has 2 aromatic rings. The Bertz CT molecular complexity index is 392. The van der Waals surface area contributed by atoms with Crippen molar-refractivity contribution in [3.8, 4) is 0 Å². The van der Waals surface area contributed by atoms with Crippen LogP contribution in [0, 0.1) is 0 Å². The van der Waals surface area contributed by atoms with E-state index >= 15 is 0 Å². The van der Waals surface area contributed by atoms with Crippen LogP contribution in [0.5, 0.6) is 0 Å². The number of aromatic nitrogens is 2. The second kappa shape index (κ2) is 2.20. The number of pyridine rings is 1. The van der Waals surface area contributed by atoms with E-state index in [1.807, 2.05) is 6.07 Å². The highest BCUT2D eigenvalue weighted by molar-refractivity contribution is 5.84. The van der Waals surface area contributed by atoms with Gasteiger partial charge in [-0.3, -0.25) is 9.78 Å². The van der Waals surface area contributed by atoms with Crippen molar-refractivity contribution < 1.29 is 4.79 Å². The van der Waals surface area contributed by atoms with Gasteiger partial charge in [-0.1, -0.05) is 0 Å². The second-order valence-corrected chi connectivity index (χ2v) is 2.24. The van der Waals surface area contributed by atoms with Gasteiger partial charge in [-0.05, 0) is 12.1 Å². The Labute approximate surface area is 63.1 Å². The maximum atomic E-state index is 10.2. The monoisotopic (exact) mass is 145 g/mol. The molecule has 0 unspecified atom stereocenters. The Hall–Kier alpha value is -1.64. The molecule has 0 aliphatic heterocycles. The summed E-state index contributed by atoms with van der Waals surface area (Å²) in [6, 6.07) is 3.58. The minimum atomic E-state index is 0.345.